The van der Waals surface area contributed by atoms with Gasteiger partial charge in [-0.1, -0.05) is 36.0 Å². The fraction of sp³-hybridized carbons (Fsp3) is 0.273. The summed E-state index contributed by atoms with van der Waals surface area (Å²) in [5.41, 5.74) is 5.29. The highest BCUT2D eigenvalue weighted by Gasteiger charge is 2.23. The predicted octanol–water partition coefficient (Wildman–Crippen LogP) is 2.53. The molecule has 1 aromatic rings. The lowest BCUT2D eigenvalue weighted by Gasteiger charge is -2.24. The number of halogens is 1. The van der Waals surface area contributed by atoms with Crippen molar-refractivity contribution in [1.29, 1.82) is 0 Å². The summed E-state index contributed by atoms with van der Waals surface area (Å²) in [5, 5.41) is 5.75. The Labute approximate surface area is 111 Å². The highest BCUT2D eigenvalue weighted by atomic mass is 35.5. The van der Waals surface area contributed by atoms with Crippen LogP contribution in [0.4, 0.5) is 10.5 Å². The topological polar surface area (TPSA) is 67.2 Å². The molecule has 0 spiro atoms. The van der Waals surface area contributed by atoms with Crippen LogP contribution in [0.25, 0.3) is 0 Å². The van der Waals surface area contributed by atoms with E-state index in [0.717, 1.165) is 0 Å². The van der Waals surface area contributed by atoms with Crippen molar-refractivity contribution in [1.82, 2.24) is 5.32 Å². The SMILES string of the molecule is CC(C)(NC(=O)Nc1ccccc1Cl)C(N)=S. The van der Waals surface area contributed by atoms with Crippen LogP contribution in [0.2, 0.25) is 5.02 Å². The molecular weight excluding hydrogens is 258 g/mol. The fourth-order valence-electron chi connectivity index (χ4n) is 1.06. The number of nitrogens with two attached hydrogens (primary N) is 1. The van der Waals surface area contributed by atoms with Gasteiger partial charge >= 0.3 is 6.03 Å². The van der Waals surface area contributed by atoms with Gasteiger partial charge in [-0.15, -0.1) is 0 Å². The molecule has 0 aromatic heterocycles. The van der Waals surface area contributed by atoms with Crippen molar-refractivity contribution in [2.24, 2.45) is 5.73 Å². The van der Waals surface area contributed by atoms with Crippen LogP contribution >= 0.6 is 23.8 Å². The van der Waals surface area contributed by atoms with Gasteiger partial charge in [0.25, 0.3) is 0 Å². The molecule has 0 radical (unpaired) electrons. The van der Waals surface area contributed by atoms with E-state index in [9.17, 15) is 4.79 Å². The van der Waals surface area contributed by atoms with Crippen molar-refractivity contribution in [3.05, 3.63) is 29.3 Å². The molecule has 0 saturated heterocycles. The van der Waals surface area contributed by atoms with E-state index in [1.807, 2.05) is 0 Å². The largest absolute Gasteiger partial charge is 0.391 e. The van der Waals surface area contributed by atoms with Gasteiger partial charge in [0.15, 0.2) is 0 Å². The molecule has 0 atom stereocenters. The molecule has 0 unspecified atom stereocenters. The average Bonchev–Trinajstić information content (AvgIpc) is 2.20. The van der Waals surface area contributed by atoms with E-state index >= 15 is 0 Å². The van der Waals surface area contributed by atoms with Crippen molar-refractivity contribution in [2.75, 3.05) is 5.32 Å². The van der Waals surface area contributed by atoms with Crippen LogP contribution in [0.5, 0.6) is 0 Å². The summed E-state index contributed by atoms with van der Waals surface area (Å²) in [6, 6.07) is 6.55. The van der Waals surface area contributed by atoms with Gasteiger partial charge in [0.1, 0.15) is 0 Å². The average molecular weight is 272 g/mol. The molecule has 0 heterocycles. The molecule has 0 bridgehead atoms. The third kappa shape index (κ3) is 3.87. The van der Waals surface area contributed by atoms with E-state index in [1.165, 1.54) is 0 Å². The van der Waals surface area contributed by atoms with Gasteiger partial charge in [-0.25, -0.2) is 4.79 Å². The van der Waals surface area contributed by atoms with Gasteiger partial charge in [0, 0.05) is 0 Å². The lowest BCUT2D eigenvalue weighted by atomic mass is 10.1. The van der Waals surface area contributed by atoms with Crippen molar-refractivity contribution in [3.63, 3.8) is 0 Å². The molecule has 4 nitrogen and oxygen atoms in total. The van der Waals surface area contributed by atoms with E-state index in [0.29, 0.717) is 10.7 Å². The number of amides is 2. The highest BCUT2D eigenvalue weighted by molar-refractivity contribution is 7.80. The van der Waals surface area contributed by atoms with Gasteiger partial charge in [-0.05, 0) is 26.0 Å². The first-order valence-electron chi connectivity index (χ1n) is 4.96. The van der Waals surface area contributed by atoms with Gasteiger partial charge < -0.3 is 16.4 Å². The number of para-hydroxylation sites is 1. The summed E-state index contributed by atoms with van der Waals surface area (Å²) in [7, 11) is 0. The Morgan fingerprint density at radius 3 is 2.53 bits per heavy atom. The highest BCUT2D eigenvalue weighted by Crippen LogP contribution is 2.20. The number of benzene rings is 1. The number of urea groups is 1. The molecule has 4 N–H and O–H groups in total. The first-order chi connectivity index (χ1) is 7.83. The molecule has 1 aromatic carbocycles. The Bertz CT molecular complexity index is 448. The van der Waals surface area contributed by atoms with Crippen molar-refractivity contribution < 1.29 is 4.79 Å². The number of carbonyl (C=O) groups excluding carboxylic acids is 1. The summed E-state index contributed by atoms with van der Waals surface area (Å²) < 4.78 is 0. The fourth-order valence-corrected chi connectivity index (χ4v) is 1.30. The van der Waals surface area contributed by atoms with Crippen LogP contribution in [0.15, 0.2) is 24.3 Å². The van der Waals surface area contributed by atoms with Crippen LogP contribution < -0.4 is 16.4 Å². The van der Waals surface area contributed by atoms with Gasteiger partial charge in [-0.2, -0.15) is 0 Å². The molecule has 0 fully saturated rings. The molecule has 0 aliphatic heterocycles. The van der Waals surface area contributed by atoms with E-state index < -0.39 is 11.6 Å². The monoisotopic (exact) mass is 271 g/mol. The third-order valence-electron chi connectivity index (χ3n) is 2.16. The Morgan fingerprint density at radius 2 is 2.00 bits per heavy atom. The molecule has 2 amide bonds. The van der Waals surface area contributed by atoms with E-state index in [1.54, 1.807) is 38.1 Å². The first-order valence-corrected chi connectivity index (χ1v) is 5.75. The number of nitrogens with one attached hydrogen (secondary N) is 2. The molecule has 92 valence electrons. The normalized spacial score (nSPS) is 10.8. The smallest absolute Gasteiger partial charge is 0.320 e. The quantitative estimate of drug-likeness (QED) is 0.740. The molecule has 1 rings (SSSR count). The molecular formula is C11H14ClN3OS. The van der Waals surface area contributed by atoms with E-state index in [4.69, 9.17) is 29.6 Å². The number of anilines is 1. The van der Waals surface area contributed by atoms with Crippen molar-refractivity contribution >= 4 is 40.5 Å². The van der Waals surface area contributed by atoms with Crippen LogP contribution in [-0.4, -0.2) is 16.6 Å². The standard InChI is InChI=1S/C11H14ClN3OS/c1-11(2,9(13)17)15-10(16)14-8-6-4-3-5-7(8)12/h3-6H,1-2H3,(H2,13,17)(H2,14,15,16). The van der Waals surface area contributed by atoms with Crippen molar-refractivity contribution in [3.8, 4) is 0 Å². The summed E-state index contributed by atoms with van der Waals surface area (Å²) in [6.07, 6.45) is 0. The summed E-state index contributed by atoms with van der Waals surface area (Å²) in [4.78, 5) is 11.9. The maximum absolute atomic E-state index is 11.7. The summed E-state index contributed by atoms with van der Waals surface area (Å²) in [6.45, 7) is 3.45. The third-order valence-corrected chi connectivity index (χ3v) is 3.00. The Balaban J connectivity index is 2.69. The molecule has 0 saturated carbocycles. The van der Waals surface area contributed by atoms with Crippen LogP contribution in [0.1, 0.15) is 13.8 Å². The Kier molecular flexibility index (Phi) is 4.31. The number of thiocarbonyl (C=S) groups is 1. The zero-order chi connectivity index (χ0) is 13.1. The maximum atomic E-state index is 11.7. The Morgan fingerprint density at radius 1 is 1.41 bits per heavy atom. The second-order valence-corrected chi connectivity index (χ2v) is 4.90. The van der Waals surface area contributed by atoms with Gasteiger partial charge in [0.05, 0.1) is 21.2 Å². The number of carbonyl (C=O) groups is 1. The molecule has 0 aliphatic rings. The first kappa shape index (κ1) is 13.7. The van der Waals surface area contributed by atoms with Crippen molar-refractivity contribution in [2.45, 2.75) is 19.4 Å². The summed E-state index contributed by atoms with van der Waals surface area (Å²) in [5.74, 6) is 0. The second-order valence-electron chi connectivity index (χ2n) is 4.05. The Hall–Kier alpha value is -1.33. The molecule has 17 heavy (non-hydrogen) atoms. The minimum absolute atomic E-state index is 0.215. The molecule has 0 aliphatic carbocycles. The van der Waals surface area contributed by atoms with Crippen LogP contribution in [-0.2, 0) is 0 Å². The zero-order valence-corrected chi connectivity index (χ0v) is 11.2. The second kappa shape index (κ2) is 5.33. The van der Waals surface area contributed by atoms with Crippen LogP contribution in [0, 0.1) is 0 Å². The number of hydrogen-bond donors (Lipinski definition) is 3. The predicted molar refractivity (Wildman–Crippen MR) is 74.5 cm³/mol. The number of rotatable bonds is 3. The number of hydrogen-bond acceptors (Lipinski definition) is 2. The maximum Gasteiger partial charge on any atom is 0.320 e. The van der Waals surface area contributed by atoms with Crippen LogP contribution in [0.3, 0.4) is 0 Å². The minimum Gasteiger partial charge on any atom is -0.391 e. The van der Waals surface area contributed by atoms with Gasteiger partial charge in [-0.3, -0.25) is 0 Å². The minimum atomic E-state index is -0.749. The lowest BCUT2D eigenvalue weighted by Crippen LogP contribution is -2.53. The van der Waals surface area contributed by atoms with Gasteiger partial charge in [0.2, 0.25) is 0 Å². The van der Waals surface area contributed by atoms with E-state index in [2.05, 4.69) is 10.6 Å². The molecule has 6 heteroatoms. The van der Waals surface area contributed by atoms with E-state index in [-0.39, 0.29) is 4.99 Å². The summed E-state index contributed by atoms with van der Waals surface area (Å²) >= 11 is 10.8. The lowest BCUT2D eigenvalue weighted by molar-refractivity contribution is 0.247. The zero-order valence-electron chi connectivity index (χ0n) is 9.58.